The Morgan fingerprint density at radius 3 is 2.00 bits per heavy atom. The van der Waals surface area contributed by atoms with E-state index in [4.69, 9.17) is 36.3 Å². The maximum atomic E-state index is 10.3. The van der Waals surface area contributed by atoms with E-state index in [2.05, 4.69) is 5.32 Å². The van der Waals surface area contributed by atoms with Gasteiger partial charge in [-0.05, 0) is 26.0 Å². The molecule has 0 bridgehead atoms. The second-order valence-corrected chi connectivity index (χ2v) is 5.68. The number of para-hydroxylation sites is 2. The number of carboxylic acids is 3. The van der Waals surface area contributed by atoms with Crippen LogP contribution in [0.3, 0.4) is 0 Å². The molecule has 0 unspecified atom stereocenters. The summed E-state index contributed by atoms with van der Waals surface area (Å²) in [7, 11) is 0. The van der Waals surface area contributed by atoms with Gasteiger partial charge in [-0.2, -0.15) is 0 Å². The number of hydrogen-bond donors (Lipinski definition) is 7. The first-order valence-corrected chi connectivity index (χ1v) is 7.63. The maximum Gasteiger partial charge on any atom is 0.336 e. The summed E-state index contributed by atoms with van der Waals surface area (Å²) in [6.07, 6.45) is -2.19. The summed E-state index contributed by atoms with van der Waals surface area (Å²) in [5.41, 5.74) is 3.22. The third-order valence-electron chi connectivity index (χ3n) is 2.80. The smallest absolute Gasteiger partial charge is 0.336 e. The van der Waals surface area contributed by atoms with Crippen LogP contribution in [0.5, 0.6) is 5.75 Å². The molecule has 0 atom stereocenters. The largest absolute Gasteiger partial charge is 0.489 e. The van der Waals surface area contributed by atoms with E-state index < -0.39 is 36.4 Å². The van der Waals surface area contributed by atoms with Crippen LogP contribution in [0.15, 0.2) is 24.3 Å². The average Bonchev–Trinajstić information content (AvgIpc) is 2.47. The highest BCUT2D eigenvalue weighted by molar-refractivity contribution is 5.91. The Kier molecular flexibility index (Phi) is 9.29. The number of rotatable bonds is 8. The van der Waals surface area contributed by atoms with Gasteiger partial charge in [0.05, 0.1) is 24.6 Å². The van der Waals surface area contributed by atoms with Gasteiger partial charge in [0, 0.05) is 0 Å². The van der Waals surface area contributed by atoms with Crippen molar-refractivity contribution >= 4 is 29.6 Å². The topological polar surface area (TPSA) is 203 Å². The third-order valence-corrected chi connectivity index (χ3v) is 2.80. The van der Waals surface area contributed by atoms with Crippen LogP contribution in [-0.2, 0) is 14.4 Å². The molecule has 0 aromatic heterocycles. The highest BCUT2D eigenvalue weighted by atomic mass is 16.5. The fraction of sp³-hybridized carbons (Fsp3) is 0.375. The van der Waals surface area contributed by atoms with E-state index in [1.807, 2.05) is 38.1 Å². The number of carbonyl (C=O) groups is 3. The molecule has 11 heteroatoms. The Labute approximate surface area is 154 Å². The van der Waals surface area contributed by atoms with Crippen molar-refractivity contribution in [2.24, 2.45) is 5.73 Å². The van der Waals surface area contributed by atoms with Gasteiger partial charge < -0.3 is 36.2 Å². The number of guanidine groups is 1. The van der Waals surface area contributed by atoms with Crippen LogP contribution in [0, 0.1) is 5.41 Å². The van der Waals surface area contributed by atoms with Crippen molar-refractivity contribution in [2.45, 2.75) is 38.4 Å². The number of aliphatic carboxylic acids is 3. The molecule has 0 radical (unpaired) electrons. The molecule has 0 heterocycles. The maximum absolute atomic E-state index is 10.3. The van der Waals surface area contributed by atoms with Crippen LogP contribution in [0.4, 0.5) is 5.69 Å². The highest BCUT2D eigenvalue weighted by Crippen LogP contribution is 2.24. The number of benzene rings is 1. The van der Waals surface area contributed by atoms with Gasteiger partial charge in [0.25, 0.3) is 0 Å². The van der Waals surface area contributed by atoms with Crippen LogP contribution in [0.2, 0.25) is 0 Å². The summed E-state index contributed by atoms with van der Waals surface area (Å²) in [6, 6.07) is 7.39. The number of nitrogens with one attached hydrogen (secondary N) is 2. The summed E-state index contributed by atoms with van der Waals surface area (Å²) in [5.74, 6) is -4.41. The van der Waals surface area contributed by atoms with Crippen LogP contribution in [0.1, 0.15) is 26.7 Å². The molecule has 0 fully saturated rings. The first-order chi connectivity index (χ1) is 12.4. The molecule has 0 aliphatic heterocycles. The van der Waals surface area contributed by atoms with Crippen LogP contribution in [-0.4, -0.2) is 56.0 Å². The van der Waals surface area contributed by atoms with E-state index in [0.29, 0.717) is 11.4 Å². The SMILES string of the molecule is CC(C)Oc1ccccc1NC(=N)N.O=C(O)CC(O)(CC(=O)O)C(=O)O. The number of aliphatic hydroxyl groups is 1. The monoisotopic (exact) mass is 385 g/mol. The van der Waals surface area contributed by atoms with E-state index >= 15 is 0 Å². The predicted molar refractivity (Wildman–Crippen MR) is 94.8 cm³/mol. The van der Waals surface area contributed by atoms with Crippen molar-refractivity contribution in [3.8, 4) is 5.75 Å². The summed E-state index contributed by atoms with van der Waals surface area (Å²) in [5, 5.41) is 43.6. The summed E-state index contributed by atoms with van der Waals surface area (Å²) in [4.78, 5) is 30.5. The Balaban J connectivity index is 0.000000503. The normalized spacial score (nSPS) is 10.4. The predicted octanol–water partition coefficient (Wildman–Crippen LogP) is 0.531. The van der Waals surface area contributed by atoms with Gasteiger partial charge in [-0.3, -0.25) is 15.0 Å². The first kappa shape index (κ1) is 23.7. The summed E-state index contributed by atoms with van der Waals surface area (Å²) in [6.45, 7) is 3.90. The summed E-state index contributed by atoms with van der Waals surface area (Å²) >= 11 is 0. The molecule has 8 N–H and O–H groups in total. The molecule has 27 heavy (non-hydrogen) atoms. The zero-order chi connectivity index (χ0) is 21.2. The lowest BCUT2D eigenvalue weighted by molar-refractivity contribution is -0.170. The summed E-state index contributed by atoms with van der Waals surface area (Å²) < 4.78 is 5.53. The standard InChI is InChI=1S/C10H15N3O.C6H8O7/c1-7(2)14-9-6-4-3-5-8(9)13-10(11)12;7-3(8)1-6(13,5(11)12)2-4(9)10/h3-7H,1-2H3,(H4,11,12,13);13H,1-2H2,(H,7,8)(H,9,10)(H,11,12). The van der Waals surface area contributed by atoms with Gasteiger partial charge in [0.2, 0.25) is 0 Å². The van der Waals surface area contributed by atoms with E-state index in [1.54, 1.807) is 0 Å². The number of ether oxygens (including phenoxy) is 1. The molecule has 1 aromatic rings. The van der Waals surface area contributed by atoms with Crippen LogP contribution < -0.4 is 15.8 Å². The Morgan fingerprint density at radius 2 is 1.63 bits per heavy atom. The number of carboxylic acid groups (broad SMARTS) is 3. The molecular formula is C16H23N3O8. The third kappa shape index (κ3) is 9.65. The minimum atomic E-state index is -2.74. The molecule has 0 aliphatic carbocycles. The quantitative estimate of drug-likeness (QED) is 0.244. The van der Waals surface area contributed by atoms with Crippen molar-refractivity contribution in [2.75, 3.05) is 5.32 Å². The first-order valence-electron chi connectivity index (χ1n) is 7.63. The molecule has 0 saturated heterocycles. The van der Waals surface area contributed by atoms with Crippen molar-refractivity contribution in [1.29, 1.82) is 5.41 Å². The van der Waals surface area contributed by atoms with Gasteiger partial charge >= 0.3 is 17.9 Å². The number of nitrogens with two attached hydrogens (primary N) is 1. The highest BCUT2D eigenvalue weighted by Gasteiger charge is 2.40. The fourth-order valence-electron chi connectivity index (χ4n) is 1.79. The van der Waals surface area contributed by atoms with Crippen molar-refractivity contribution in [1.82, 2.24) is 0 Å². The minimum absolute atomic E-state index is 0.0928. The lowest BCUT2D eigenvalue weighted by atomic mass is 9.96. The van der Waals surface area contributed by atoms with E-state index in [-0.39, 0.29) is 12.1 Å². The van der Waals surface area contributed by atoms with E-state index in [1.165, 1.54) is 0 Å². The molecule has 0 saturated carbocycles. The Bertz CT molecular complexity index is 674. The van der Waals surface area contributed by atoms with Gasteiger partial charge in [-0.1, -0.05) is 12.1 Å². The molecule has 0 spiro atoms. The van der Waals surface area contributed by atoms with E-state index in [9.17, 15) is 14.4 Å². The van der Waals surface area contributed by atoms with Gasteiger partial charge in [-0.25, -0.2) is 4.79 Å². The molecule has 1 rings (SSSR count). The molecule has 150 valence electrons. The Hall–Kier alpha value is -3.34. The molecule has 0 amide bonds. The van der Waals surface area contributed by atoms with Gasteiger partial charge in [0.1, 0.15) is 5.75 Å². The lowest BCUT2D eigenvalue weighted by Crippen LogP contribution is -2.42. The molecule has 1 aromatic carbocycles. The van der Waals surface area contributed by atoms with Gasteiger partial charge in [-0.15, -0.1) is 0 Å². The van der Waals surface area contributed by atoms with Crippen LogP contribution in [0.25, 0.3) is 0 Å². The zero-order valence-corrected chi connectivity index (χ0v) is 14.8. The van der Waals surface area contributed by atoms with Crippen molar-refractivity contribution in [3.63, 3.8) is 0 Å². The number of anilines is 1. The fourth-order valence-corrected chi connectivity index (χ4v) is 1.79. The second kappa shape index (κ2) is 10.6. The van der Waals surface area contributed by atoms with Crippen molar-refractivity contribution < 1.29 is 39.5 Å². The van der Waals surface area contributed by atoms with Crippen molar-refractivity contribution in [3.05, 3.63) is 24.3 Å². The van der Waals surface area contributed by atoms with E-state index in [0.717, 1.165) is 0 Å². The molecule has 11 nitrogen and oxygen atoms in total. The Morgan fingerprint density at radius 1 is 1.15 bits per heavy atom. The second-order valence-electron chi connectivity index (χ2n) is 5.68. The lowest BCUT2D eigenvalue weighted by Gasteiger charge is -2.18. The van der Waals surface area contributed by atoms with Crippen LogP contribution >= 0.6 is 0 Å². The molecule has 0 aliphatic rings. The zero-order valence-electron chi connectivity index (χ0n) is 14.8. The average molecular weight is 385 g/mol. The minimum Gasteiger partial charge on any atom is -0.489 e. The molecular weight excluding hydrogens is 362 g/mol. The number of hydrogen-bond acceptors (Lipinski definition) is 6. The van der Waals surface area contributed by atoms with Gasteiger partial charge in [0.15, 0.2) is 11.6 Å².